The summed E-state index contributed by atoms with van der Waals surface area (Å²) in [6, 6.07) is 0. The molecule has 4 rings (SSSR count). The highest BCUT2D eigenvalue weighted by molar-refractivity contribution is 5.53. The molecule has 1 nitrogen and oxygen atoms in total. The molecule has 0 heterocycles. The standard InChI is InChI=1S/C42H76O/c1-3-5-15-23-35-27-39(35)31-41-29-37(41)25-19-13-9-7-11-17-21-34(33-43)22-18-12-8-10-14-20-26-38-30-42(38)32-40-28-36(40)24-16-6-4-2/h33-42H,3-32H2,1-2H3. The first-order chi connectivity index (χ1) is 21.2. The van der Waals surface area contributed by atoms with E-state index in [-0.39, 0.29) is 0 Å². The fourth-order valence-electron chi connectivity index (χ4n) is 9.22. The second kappa shape index (κ2) is 20.7. The van der Waals surface area contributed by atoms with Crippen LogP contribution in [-0.2, 0) is 4.79 Å². The Balaban J connectivity index is 0.841. The van der Waals surface area contributed by atoms with Crippen molar-refractivity contribution in [2.75, 3.05) is 0 Å². The second-order valence-corrected chi connectivity index (χ2v) is 16.8. The highest BCUT2D eigenvalue weighted by Crippen LogP contribution is 2.55. The largest absolute Gasteiger partial charge is 0.303 e. The minimum atomic E-state index is 0.342. The van der Waals surface area contributed by atoms with E-state index in [0.29, 0.717) is 5.92 Å². The van der Waals surface area contributed by atoms with Crippen molar-refractivity contribution in [1.29, 1.82) is 0 Å². The molecule has 0 amide bonds. The number of hydrogen-bond acceptors (Lipinski definition) is 1. The summed E-state index contributed by atoms with van der Waals surface area (Å²) in [6.45, 7) is 4.65. The Labute approximate surface area is 270 Å². The fraction of sp³-hybridized carbons (Fsp3) is 0.976. The van der Waals surface area contributed by atoms with Crippen LogP contribution < -0.4 is 0 Å². The number of hydrogen-bond donors (Lipinski definition) is 0. The van der Waals surface area contributed by atoms with E-state index in [1.165, 1.54) is 148 Å². The first-order valence-corrected chi connectivity index (χ1v) is 20.7. The van der Waals surface area contributed by atoms with Crippen molar-refractivity contribution in [3.05, 3.63) is 0 Å². The monoisotopic (exact) mass is 597 g/mol. The maximum absolute atomic E-state index is 11.6. The molecular weight excluding hydrogens is 520 g/mol. The lowest BCUT2D eigenvalue weighted by Crippen LogP contribution is -2.02. The average molecular weight is 597 g/mol. The molecule has 4 fully saturated rings. The van der Waals surface area contributed by atoms with Gasteiger partial charge in [0.05, 0.1) is 0 Å². The molecule has 8 unspecified atom stereocenters. The first kappa shape index (κ1) is 35.5. The van der Waals surface area contributed by atoms with E-state index < -0.39 is 0 Å². The lowest BCUT2D eigenvalue weighted by atomic mass is 9.95. The van der Waals surface area contributed by atoms with Crippen molar-refractivity contribution < 1.29 is 4.79 Å². The molecule has 0 saturated heterocycles. The van der Waals surface area contributed by atoms with Crippen LogP contribution in [0.15, 0.2) is 0 Å². The zero-order valence-corrected chi connectivity index (χ0v) is 29.4. The molecule has 4 aliphatic carbocycles. The van der Waals surface area contributed by atoms with Gasteiger partial charge in [-0.3, -0.25) is 0 Å². The molecule has 250 valence electrons. The van der Waals surface area contributed by atoms with Crippen LogP contribution in [0.3, 0.4) is 0 Å². The molecular formula is C42H76O. The third-order valence-electron chi connectivity index (χ3n) is 12.8. The van der Waals surface area contributed by atoms with Gasteiger partial charge in [-0.2, -0.15) is 0 Å². The number of unbranched alkanes of at least 4 members (excludes halogenated alkanes) is 14. The summed E-state index contributed by atoms with van der Waals surface area (Å²) in [5.74, 6) is 9.28. The van der Waals surface area contributed by atoms with Crippen molar-refractivity contribution in [3.8, 4) is 0 Å². The Hall–Kier alpha value is -0.330. The normalized spacial score (nSPS) is 31.2. The van der Waals surface area contributed by atoms with E-state index >= 15 is 0 Å². The SMILES string of the molecule is CCCCCC1CC1CC1CC1CCCCCCCCC(C=O)CCCCCCCCC1CC1CC1CC1CCCCC. The lowest BCUT2D eigenvalue weighted by Gasteiger charge is -2.10. The maximum Gasteiger partial charge on any atom is 0.123 e. The predicted octanol–water partition coefficient (Wildman–Crippen LogP) is 13.5. The van der Waals surface area contributed by atoms with Crippen molar-refractivity contribution in [2.24, 2.45) is 53.3 Å². The predicted molar refractivity (Wildman–Crippen MR) is 187 cm³/mol. The Morgan fingerprint density at radius 1 is 0.419 bits per heavy atom. The molecule has 8 atom stereocenters. The number of rotatable bonds is 31. The molecule has 0 bridgehead atoms. The summed E-state index contributed by atoms with van der Waals surface area (Å²) in [6.07, 6.45) is 44.5. The van der Waals surface area contributed by atoms with Crippen LogP contribution >= 0.6 is 0 Å². The van der Waals surface area contributed by atoms with Crippen LogP contribution in [0.25, 0.3) is 0 Å². The minimum absolute atomic E-state index is 0.342. The highest BCUT2D eigenvalue weighted by atomic mass is 16.1. The van der Waals surface area contributed by atoms with Gasteiger partial charge >= 0.3 is 0 Å². The lowest BCUT2D eigenvalue weighted by molar-refractivity contribution is -0.111. The zero-order valence-electron chi connectivity index (χ0n) is 29.4. The molecule has 0 aromatic rings. The van der Waals surface area contributed by atoms with E-state index in [1.807, 2.05) is 0 Å². The van der Waals surface area contributed by atoms with E-state index in [1.54, 1.807) is 38.5 Å². The van der Waals surface area contributed by atoms with Gasteiger partial charge < -0.3 is 4.79 Å². The van der Waals surface area contributed by atoms with Crippen molar-refractivity contribution in [1.82, 2.24) is 0 Å². The third-order valence-corrected chi connectivity index (χ3v) is 12.8. The Morgan fingerprint density at radius 3 is 1.05 bits per heavy atom. The molecule has 0 N–H and O–H groups in total. The smallest absolute Gasteiger partial charge is 0.123 e. The van der Waals surface area contributed by atoms with Crippen LogP contribution in [0.5, 0.6) is 0 Å². The number of carbonyl (C=O) groups is 1. The molecule has 0 spiro atoms. The Bertz CT molecular complexity index is 658. The number of carbonyl (C=O) groups excluding carboxylic acids is 1. The van der Waals surface area contributed by atoms with Crippen molar-refractivity contribution >= 4 is 6.29 Å². The van der Waals surface area contributed by atoms with E-state index in [4.69, 9.17) is 0 Å². The first-order valence-electron chi connectivity index (χ1n) is 20.7. The van der Waals surface area contributed by atoms with Gasteiger partial charge in [-0.25, -0.2) is 0 Å². The van der Waals surface area contributed by atoms with Crippen molar-refractivity contribution in [3.63, 3.8) is 0 Å². The molecule has 0 aromatic carbocycles. The summed E-state index contributed by atoms with van der Waals surface area (Å²) >= 11 is 0. The minimum Gasteiger partial charge on any atom is -0.303 e. The van der Waals surface area contributed by atoms with E-state index in [0.717, 1.165) is 60.2 Å². The van der Waals surface area contributed by atoms with Crippen LogP contribution in [0.2, 0.25) is 0 Å². The number of aldehydes is 1. The van der Waals surface area contributed by atoms with Gasteiger partial charge in [0.2, 0.25) is 0 Å². The molecule has 0 aromatic heterocycles. The van der Waals surface area contributed by atoms with Crippen molar-refractivity contribution in [2.45, 2.75) is 206 Å². The molecule has 43 heavy (non-hydrogen) atoms. The quantitative estimate of drug-likeness (QED) is 0.0574. The summed E-state index contributed by atoms with van der Waals surface area (Å²) in [5.41, 5.74) is 0. The van der Waals surface area contributed by atoms with Gasteiger partial charge in [-0.05, 0) is 98.7 Å². The third kappa shape index (κ3) is 15.2. The van der Waals surface area contributed by atoms with Crippen LogP contribution in [0.4, 0.5) is 0 Å². The second-order valence-electron chi connectivity index (χ2n) is 16.8. The van der Waals surface area contributed by atoms with Gasteiger partial charge in [0, 0.05) is 5.92 Å². The van der Waals surface area contributed by atoms with Crippen LogP contribution in [0.1, 0.15) is 206 Å². The zero-order chi connectivity index (χ0) is 30.1. The molecule has 1 heteroatoms. The van der Waals surface area contributed by atoms with Gasteiger partial charge in [-0.15, -0.1) is 0 Å². The molecule has 4 aliphatic rings. The molecule has 4 saturated carbocycles. The van der Waals surface area contributed by atoms with Crippen LogP contribution in [0, 0.1) is 53.3 Å². The van der Waals surface area contributed by atoms with E-state index in [2.05, 4.69) is 13.8 Å². The van der Waals surface area contributed by atoms with Gasteiger partial charge in [0.1, 0.15) is 6.29 Å². The summed E-state index contributed by atoms with van der Waals surface area (Å²) in [4.78, 5) is 11.6. The van der Waals surface area contributed by atoms with Gasteiger partial charge in [-0.1, -0.05) is 155 Å². The topological polar surface area (TPSA) is 17.1 Å². The fourth-order valence-corrected chi connectivity index (χ4v) is 9.22. The van der Waals surface area contributed by atoms with Gasteiger partial charge in [0.15, 0.2) is 0 Å². The van der Waals surface area contributed by atoms with E-state index in [9.17, 15) is 4.79 Å². The maximum atomic E-state index is 11.6. The summed E-state index contributed by atoms with van der Waals surface area (Å²) in [5, 5.41) is 0. The highest BCUT2D eigenvalue weighted by Gasteiger charge is 2.45. The summed E-state index contributed by atoms with van der Waals surface area (Å²) in [7, 11) is 0. The average Bonchev–Trinajstić information content (AvgIpc) is 3.83. The molecule has 0 aliphatic heterocycles. The summed E-state index contributed by atoms with van der Waals surface area (Å²) < 4.78 is 0. The Kier molecular flexibility index (Phi) is 17.1. The van der Waals surface area contributed by atoms with Crippen LogP contribution in [-0.4, -0.2) is 6.29 Å². The van der Waals surface area contributed by atoms with Gasteiger partial charge in [0.25, 0.3) is 0 Å². The molecule has 0 radical (unpaired) electrons. The Morgan fingerprint density at radius 2 is 0.721 bits per heavy atom.